The molecule has 0 aromatic rings. The van der Waals surface area contributed by atoms with Gasteiger partial charge in [-0.3, -0.25) is 0 Å². The van der Waals surface area contributed by atoms with E-state index in [9.17, 15) is 0 Å². The van der Waals surface area contributed by atoms with Crippen molar-refractivity contribution in [3.05, 3.63) is 56.5 Å². The molecule has 0 saturated carbocycles. The van der Waals surface area contributed by atoms with Crippen LogP contribution in [-0.4, -0.2) is 41.4 Å². The first-order chi connectivity index (χ1) is 11.4. The van der Waals surface area contributed by atoms with E-state index in [0.29, 0.717) is 29.9 Å². The second-order valence-electron chi connectivity index (χ2n) is 4.52. The van der Waals surface area contributed by atoms with Crippen LogP contribution in [0, 0.1) is 0 Å². The zero-order chi connectivity index (χ0) is 15.2. The number of hydrogen-bond acceptors (Lipinski definition) is 7. The standard InChI is InChI=1S/C14H8S7Se2/c1-3-15-4-2-7(1)8-18-9-10(19-8)21-11(20-9)14-22-12-13(23-14)17-6-5-16-12/h1-4H,5-6H2. The van der Waals surface area contributed by atoms with Crippen molar-refractivity contribution in [1.29, 1.82) is 0 Å². The minimum absolute atomic E-state index is 0.630. The predicted molar refractivity (Wildman–Crippen MR) is 121 cm³/mol. The summed E-state index contributed by atoms with van der Waals surface area (Å²) in [4.78, 5) is 0. The molecule has 5 heterocycles. The first-order valence-electron chi connectivity index (χ1n) is 6.65. The minimum atomic E-state index is 0.630. The van der Waals surface area contributed by atoms with Crippen molar-refractivity contribution < 1.29 is 0 Å². The third-order valence-electron chi connectivity index (χ3n) is 3.05. The van der Waals surface area contributed by atoms with Gasteiger partial charge in [0, 0.05) is 0 Å². The molecule has 0 radical (unpaired) electrons. The Hall–Kier alpha value is 1.93. The molecule has 23 heavy (non-hydrogen) atoms. The molecular formula is C14H8S7Se2. The molecule has 0 amide bonds. The van der Waals surface area contributed by atoms with E-state index in [2.05, 4.69) is 70.0 Å². The van der Waals surface area contributed by atoms with Crippen molar-refractivity contribution in [2.45, 2.75) is 0 Å². The average molecular weight is 559 g/mol. The van der Waals surface area contributed by atoms with Crippen molar-refractivity contribution in [3.8, 4) is 0 Å². The van der Waals surface area contributed by atoms with E-state index in [1.807, 2.05) is 23.5 Å². The summed E-state index contributed by atoms with van der Waals surface area (Å²) in [6, 6.07) is 0. The summed E-state index contributed by atoms with van der Waals surface area (Å²) in [5.41, 5.74) is 1.38. The van der Waals surface area contributed by atoms with Gasteiger partial charge in [0.25, 0.3) is 0 Å². The summed E-state index contributed by atoms with van der Waals surface area (Å²) in [5, 5.41) is 4.35. The van der Waals surface area contributed by atoms with Crippen molar-refractivity contribution in [1.82, 2.24) is 0 Å². The van der Waals surface area contributed by atoms with Gasteiger partial charge in [-0.05, 0) is 0 Å². The van der Waals surface area contributed by atoms with E-state index >= 15 is 0 Å². The Bertz CT molecular complexity index is 716. The Kier molecular flexibility index (Phi) is 5.57. The quantitative estimate of drug-likeness (QED) is 0.320. The van der Waals surface area contributed by atoms with Crippen molar-refractivity contribution in [3.63, 3.8) is 0 Å². The zero-order valence-corrected chi connectivity index (χ0v) is 20.5. The molecule has 118 valence electrons. The van der Waals surface area contributed by atoms with Gasteiger partial charge in [0.2, 0.25) is 0 Å². The van der Waals surface area contributed by atoms with E-state index in [1.54, 1.807) is 27.0 Å². The third-order valence-corrected chi connectivity index (χ3v) is 21.3. The van der Waals surface area contributed by atoms with Gasteiger partial charge in [0.1, 0.15) is 0 Å². The molecule has 0 fully saturated rings. The van der Waals surface area contributed by atoms with Crippen LogP contribution in [0.4, 0.5) is 0 Å². The van der Waals surface area contributed by atoms with E-state index in [4.69, 9.17) is 0 Å². The Morgan fingerprint density at radius 1 is 0.696 bits per heavy atom. The van der Waals surface area contributed by atoms with Gasteiger partial charge in [-0.1, -0.05) is 0 Å². The van der Waals surface area contributed by atoms with Gasteiger partial charge in [0.15, 0.2) is 0 Å². The van der Waals surface area contributed by atoms with Gasteiger partial charge in [-0.2, -0.15) is 0 Å². The SMILES string of the molecule is C1=CC(=C2SC3=C(S2)SC(=C2[Se]C4=C(SCCS4)[Se]2)S3)C=CS1. The molecule has 0 bridgehead atoms. The molecule has 5 aliphatic heterocycles. The molecule has 0 atom stereocenters. The number of rotatable bonds is 0. The molecule has 0 nitrogen and oxygen atoms in total. The summed E-state index contributed by atoms with van der Waals surface area (Å²) in [6.07, 6.45) is 4.49. The van der Waals surface area contributed by atoms with E-state index in [0.717, 1.165) is 0 Å². The molecule has 0 N–H and O–H groups in total. The third kappa shape index (κ3) is 3.55. The van der Waals surface area contributed by atoms with Crippen LogP contribution in [0.3, 0.4) is 0 Å². The van der Waals surface area contributed by atoms with Gasteiger partial charge >= 0.3 is 180 Å². The summed E-state index contributed by atoms with van der Waals surface area (Å²) in [7, 11) is 0. The number of allylic oxidation sites excluding steroid dienone is 3. The predicted octanol–water partition coefficient (Wildman–Crippen LogP) is 6.21. The van der Waals surface area contributed by atoms with Crippen LogP contribution < -0.4 is 0 Å². The Labute approximate surface area is 178 Å². The van der Waals surface area contributed by atoms with Crippen LogP contribution in [0.15, 0.2) is 56.5 Å². The second kappa shape index (κ2) is 7.51. The van der Waals surface area contributed by atoms with Crippen molar-refractivity contribution in [2.24, 2.45) is 0 Å². The van der Waals surface area contributed by atoms with Crippen LogP contribution in [0.1, 0.15) is 0 Å². The Morgan fingerprint density at radius 2 is 1.26 bits per heavy atom. The molecule has 5 rings (SSSR count). The molecule has 9 heteroatoms. The van der Waals surface area contributed by atoms with Crippen LogP contribution in [0.5, 0.6) is 0 Å². The molecule has 0 unspecified atom stereocenters. The van der Waals surface area contributed by atoms with Crippen molar-refractivity contribution in [2.75, 3.05) is 11.5 Å². The summed E-state index contributed by atoms with van der Waals surface area (Å²) in [6.45, 7) is 0. The van der Waals surface area contributed by atoms with Crippen LogP contribution in [0.2, 0.25) is 0 Å². The maximum atomic E-state index is 2.24. The van der Waals surface area contributed by atoms with Crippen LogP contribution in [-0.2, 0) is 0 Å². The van der Waals surface area contributed by atoms with Gasteiger partial charge in [0.05, 0.1) is 0 Å². The Morgan fingerprint density at radius 3 is 1.87 bits per heavy atom. The molecule has 0 aromatic heterocycles. The average Bonchev–Trinajstić information content (AvgIpc) is 3.27. The van der Waals surface area contributed by atoms with E-state index in [-0.39, 0.29) is 0 Å². The fraction of sp³-hybridized carbons (Fsp3) is 0.143. The summed E-state index contributed by atoms with van der Waals surface area (Å²) < 4.78 is 11.4. The fourth-order valence-corrected chi connectivity index (χ4v) is 22.0. The van der Waals surface area contributed by atoms with Gasteiger partial charge in [-0.15, -0.1) is 0 Å². The molecule has 0 aliphatic carbocycles. The Balaban J connectivity index is 1.32. The van der Waals surface area contributed by atoms with Crippen LogP contribution in [0.25, 0.3) is 0 Å². The topological polar surface area (TPSA) is 0 Å². The normalized spacial score (nSPS) is 26.8. The molecular weight excluding hydrogens is 551 g/mol. The van der Waals surface area contributed by atoms with E-state index < -0.39 is 0 Å². The number of hydrogen-bond donors (Lipinski definition) is 0. The summed E-state index contributed by atoms with van der Waals surface area (Å²) >= 11 is 15.4. The second-order valence-corrected chi connectivity index (χ2v) is 19.4. The fourth-order valence-electron chi connectivity index (χ4n) is 2.05. The van der Waals surface area contributed by atoms with Gasteiger partial charge in [-0.25, -0.2) is 0 Å². The molecule has 0 saturated heterocycles. The molecule has 0 aromatic carbocycles. The van der Waals surface area contributed by atoms with E-state index in [1.165, 1.54) is 29.8 Å². The first-order valence-corrected chi connectivity index (χ1v) is 16.3. The maximum absolute atomic E-state index is 2.24. The molecule has 5 aliphatic rings. The molecule has 0 spiro atoms. The van der Waals surface area contributed by atoms with Gasteiger partial charge < -0.3 is 0 Å². The number of thioether (sulfide) groups is 7. The summed E-state index contributed by atoms with van der Waals surface area (Å²) in [5.74, 6) is 2.64. The monoisotopic (exact) mass is 560 g/mol. The zero-order valence-electron chi connectivity index (χ0n) is 11.4. The van der Waals surface area contributed by atoms with Crippen LogP contribution >= 0.6 is 82.3 Å². The van der Waals surface area contributed by atoms with Crippen molar-refractivity contribution >= 4 is 112 Å². The first kappa shape index (κ1) is 17.1.